The topological polar surface area (TPSA) is 26.0 Å². The third kappa shape index (κ3) is 1.82. The number of hydrogen-bond acceptors (Lipinski definition) is 2. The van der Waals surface area contributed by atoms with Crippen molar-refractivity contribution in [3.63, 3.8) is 0 Å². The van der Waals surface area contributed by atoms with Gasteiger partial charge in [0.1, 0.15) is 0 Å². The highest BCUT2D eigenvalue weighted by Gasteiger charge is 2.19. The molecule has 0 aliphatic carbocycles. The summed E-state index contributed by atoms with van der Waals surface area (Å²) in [6, 6.07) is 7.97. The Labute approximate surface area is 79.4 Å². The summed E-state index contributed by atoms with van der Waals surface area (Å²) in [7, 11) is 0. The van der Waals surface area contributed by atoms with Gasteiger partial charge in [-0.1, -0.05) is 25.1 Å². The SMILES string of the molecule is CCC(C)(N)c1ccccc1S. The van der Waals surface area contributed by atoms with Crippen LogP contribution in [0.15, 0.2) is 29.2 Å². The van der Waals surface area contributed by atoms with E-state index in [1.54, 1.807) is 0 Å². The van der Waals surface area contributed by atoms with Crippen LogP contribution in [0, 0.1) is 0 Å². The molecule has 0 radical (unpaired) electrons. The van der Waals surface area contributed by atoms with Gasteiger partial charge in [0.2, 0.25) is 0 Å². The summed E-state index contributed by atoms with van der Waals surface area (Å²) in [5.74, 6) is 0. The molecule has 0 aliphatic rings. The first kappa shape index (κ1) is 9.62. The average molecular weight is 181 g/mol. The largest absolute Gasteiger partial charge is 0.322 e. The fraction of sp³-hybridized carbons (Fsp3) is 0.400. The Kier molecular flexibility index (Phi) is 2.80. The van der Waals surface area contributed by atoms with E-state index in [1.807, 2.05) is 31.2 Å². The van der Waals surface area contributed by atoms with Crippen LogP contribution in [0.4, 0.5) is 0 Å². The zero-order valence-electron chi connectivity index (χ0n) is 7.54. The number of nitrogens with two attached hydrogens (primary N) is 1. The van der Waals surface area contributed by atoms with E-state index in [1.165, 1.54) is 0 Å². The molecule has 0 aliphatic heterocycles. The lowest BCUT2D eigenvalue weighted by Gasteiger charge is -2.24. The fourth-order valence-electron chi connectivity index (χ4n) is 1.15. The number of benzene rings is 1. The van der Waals surface area contributed by atoms with Gasteiger partial charge in [0.25, 0.3) is 0 Å². The molecule has 1 aromatic rings. The quantitative estimate of drug-likeness (QED) is 0.674. The van der Waals surface area contributed by atoms with Gasteiger partial charge in [-0.05, 0) is 25.0 Å². The molecule has 0 aromatic heterocycles. The molecule has 1 rings (SSSR count). The van der Waals surface area contributed by atoms with Crippen molar-refractivity contribution in [1.29, 1.82) is 0 Å². The lowest BCUT2D eigenvalue weighted by molar-refractivity contribution is 0.468. The van der Waals surface area contributed by atoms with Gasteiger partial charge in [-0.15, -0.1) is 12.6 Å². The summed E-state index contributed by atoms with van der Waals surface area (Å²) >= 11 is 4.37. The van der Waals surface area contributed by atoms with Crippen LogP contribution < -0.4 is 5.73 Å². The van der Waals surface area contributed by atoms with Gasteiger partial charge in [0, 0.05) is 10.4 Å². The van der Waals surface area contributed by atoms with E-state index in [0.29, 0.717) is 0 Å². The number of hydrogen-bond donors (Lipinski definition) is 2. The number of thiol groups is 1. The second-order valence-corrected chi connectivity index (χ2v) is 3.77. The van der Waals surface area contributed by atoms with Crippen molar-refractivity contribution in [3.05, 3.63) is 29.8 Å². The van der Waals surface area contributed by atoms with Crippen LogP contribution in [0.2, 0.25) is 0 Å². The Hall–Kier alpha value is -0.470. The van der Waals surface area contributed by atoms with Crippen LogP contribution in [-0.2, 0) is 5.54 Å². The van der Waals surface area contributed by atoms with Crippen molar-refractivity contribution in [2.75, 3.05) is 0 Å². The second kappa shape index (κ2) is 3.50. The van der Waals surface area contributed by atoms with E-state index in [0.717, 1.165) is 16.9 Å². The van der Waals surface area contributed by atoms with Crippen LogP contribution in [0.5, 0.6) is 0 Å². The molecule has 0 heterocycles. The molecule has 2 N–H and O–H groups in total. The number of rotatable bonds is 2. The molecule has 1 nitrogen and oxygen atoms in total. The van der Waals surface area contributed by atoms with Gasteiger partial charge in [-0.2, -0.15) is 0 Å². The van der Waals surface area contributed by atoms with E-state index in [-0.39, 0.29) is 5.54 Å². The van der Waals surface area contributed by atoms with Crippen molar-refractivity contribution in [1.82, 2.24) is 0 Å². The molecule has 0 spiro atoms. The van der Waals surface area contributed by atoms with E-state index in [4.69, 9.17) is 5.73 Å². The van der Waals surface area contributed by atoms with Gasteiger partial charge in [0.05, 0.1) is 0 Å². The lowest BCUT2D eigenvalue weighted by Crippen LogP contribution is -2.32. The average Bonchev–Trinajstić information content (AvgIpc) is 2.05. The minimum Gasteiger partial charge on any atom is -0.322 e. The Balaban J connectivity index is 3.10. The van der Waals surface area contributed by atoms with Crippen LogP contribution in [-0.4, -0.2) is 0 Å². The zero-order valence-corrected chi connectivity index (χ0v) is 8.44. The first-order valence-electron chi connectivity index (χ1n) is 4.15. The molecular formula is C10H15NS. The van der Waals surface area contributed by atoms with Gasteiger partial charge >= 0.3 is 0 Å². The summed E-state index contributed by atoms with van der Waals surface area (Å²) in [6.45, 7) is 4.11. The zero-order chi connectivity index (χ0) is 9.19. The van der Waals surface area contributed by atoms with Crippen molar-refractivity contribution in [3.8, 4) is 0 Å². The minimum atomic E-state index is -0.252. The second-order valence-electron chi connectivity index (χ2n) is 3.29. The third-order valence-electron chi connectivity index (χ3n) is 2.25. The molecule has 0 bridgehead atoms. The molecule has 12 heavy (non-hydrogen) atoms. The van der Waals surface area contributed by atoms with Crippen molar-refractivity contribution < 1.29 is 0 Å². The highest BCUT2D eigenvalue weighted by atomic mass is 32.1. The highest BCUT2D eigenvalue weighted by Crippen LogP contribution is 2.26. The van der Waals surface area contributed by atoms with Crippen LogP contribution in [0.25, 0.3) is 0 Å². The van der Waals surface area contributed by atoms with Gasteiger partial charge in [0.15, 0.2) is 0 Å². The highest BCUT2D eigenvalue weighted by molar-refractivity contribution is 7.80. The molecule has 0 fully saturated rings. The van der Waals surface area contributed by atoms with E-state index >= 15 is 0 Å². The van der Waals surface area contributed by atoms with Crippen LogP contribution in [0.3, 0.4) is 0 Å². The fourth-order valence-corrected chi connectivity index (χ4v) is 1.56. The van der Waals surface area contributed by atoms with Crippen molar-refractivity contribution in [2.24, 2.45) is 5.73 Å². The first-order chi connectivity index (χ1) is 5.58. The van der Waals surface area contributed by atoms with Crippen LogP contribution in [0.1, 0.15) is 25.8 Å². The minimum absolute atomic E-state index is 0.252. The Bertz CT molecular complexity index is 268. The van der Waals surface area contributed by atoms with Gasteiger partial charge < -0.3 is 5.73 Å². The van der Waals surface area contributed by atoms with E-state index < -0.39 is 0 Å². The molecule has 66 valence electrons. The van der Waals surface area contributed by atoms with Gasteiger partial charge in [-0.3, -0.25) is 0 Å². The molecule has 0 amide bonds. The molecular weight excluding hydrogens is 166 g/mol. The summed E-state index contributed by atoms with van der Waals surface area (Å²) < 4.78 is 0. The standard InChI is InChI=1S/C10H15NS/c1-3-10(2,11)8-6-4-5-7-9(8)12/h4-7,12H,3,11H2,1-2H3. The molecule has 2 heteroatoms. The molecule has 0 saturated heterocycles. The lowest BCUT2D eigenvalue weighted by atomic mass is 9.91. The third-order valence-corrected chi connectivity index (χ3v) is 2.64. The monoisotopic (exact) mass is 181 g/mol. The smallest absolute Gasteiger partial charge is 0.0389 e. The molecule has 1 atom stereocenters. The first-order valence-corrected chi connectivity index (χ1v) is 4.60. The maximum Gasteiger partial charge on any atom is 0.0389 e. The maximum absolute atomic E-state index is 6.09. The molecule has 0 saturated carbocycles. The summed E-state index contributed by atoms with van der Waals surface area (Å²) in [5, 5.41) is 0. The Morgan fingerprint density at radius 2 is 2.00 bits per heavy atom. The van der Waals surface area contributed by atoms with Crippen molar-refractivity contribution in [2.45, 2.75) is 30.7 Å². The molecule has 1 unspecified atom stereocenters. The Morgan fingerprint density at radius 3 is 2.50 bits per heavy atom. The summed E-state index contributed by atoms with van der Waals surface area (Å²) in [4.78, 5) is 0.976. The van der Waals surface area contributed by atoms with Crippen molar-refractivity contribution >= 4 is 12.6 Å². The van der Waals surface area contributed by atoms with E-state index in [9.17, 15) is 0 Å². The molecule has 1 aromatic carbocycles. The Morgan fingerprint density at radius 1 is 1.42 bits per heavy atom. The summed E-state index contributed by atoms with van der Waals surface area (Å²) in [6.07, 6.45) is 0.921. The normalized spacial score (nSPS) is 15.7. The maximum atomic E-state index is 6.09. The van der Waals surface area contributed by atoms with Gasteiger partial charge in [-0.25, -0.2) is 0 Å². The van der Waals surface area contributed by atoms with E-state index in [2.05, 4.69) is 19.6 Å². The predicted octanol–water partition coefficient (Wildman–Crippen LogP) is 2.56. The summed E-state index contributed by atoms with van der Waals surface area (Å²) in [5.41, 5.74) is 6.96. The predicted molar refractivity (Wildman–Crippen MR) is 55.5 cm³/mol. The van der Waals surface area contributed by atoms with Crippen LogP contribution >= 0.6 is 12.6 Å².